The molecule has 1 aromatic carbocycles. The number of carboxylic acids is 1. The summed E-state index contributed by atoms with van der Waals surface area (Å²) in [7, 11) is 0. The number of rotatable bonds is 5. The van der Waals surface area contributed by atoms with Gasteiger partial charge < -0.3 is 15.3 Å². The molecule has 25 heavy (non-hydrogen) atoms. The lowest BCUT2D eigenvalue weighted by atomic mass is 9.62. The molecule has 0 fully saturated rings. The lowest BCUT2D eigenvalue weighted by molar-refractivity contribution is 0.0692. The first-order valence-corrected chi connectivity index (χ1v) is 8.77. The fraction of sp³-hybridized carbons (Fsp3) is 0.476. The molecule has 0 aliphatic heterocycles. The summed E-state index contributed by atoms with van der Waals surface area (Å²) in [6.07, 6.45) is 5.00. The summed E-state index contributed by atoms with van der Waals surface area (Å²) in [6, 6.07) is 1.50. The van der Waals surface area contributed by atoms with Gasteiger partial charge in [0.25, 0.3) is 0 Å². The van der Waals surface area contributed by atoms with E-state index in [0.29, 0.717) is 17.5 Å². The highest BCUT2D eigenvalue weighted by molar-refractivity contribution is 5.94. The predicted molar refractivity (Wildman–Crippen MR) is 99.4 cm³/mol. The van der Waals surface area contributed by atoms with Crippen molar-refractivity contribution in [1.29, 1.82) is 0 Å². The number of carbonyl (C=O) groups is 1. The third kappa shape index (κ3) is 3.30. The van der Waals surface area contributed by atoms with Gasteiger partial charge >= 0.3 is 5.97 Å². The highest BCUT2D eigenvalue weighted by Crippen LogP contribution is 2.54. The van der Waals surface area contributed by atoms with Gasteiger partial charge in [-0.25, -0.2) is 4.79 Å². The number of carboxylic acid groups (broad SMARTS) is 1. The van der Waals surface area contributed by atoms with E-state index in [9.17, 15) is 20.1 Å². The van der Waals surface area contributed by atoms with Gasteiger partial charge in [-0.2, -0.15) is 0 Å². The van der Waals surface area contributed by atoms with Crippen LogP contribution in [0.3, 0.4) is 0 Å². The maximum Gasteiger partial charge on any atom is 0.339 e. The Bertz CT molecular complexity index is 745. The average molecular weight is 344 g/mol. The number of aromatic carboxylic acids is 1. The highest BCUT2D eigenvalue weighted by Gasteiger charge is 2.40. The number of hydrogen-bond acceptors (Lipinski definition) is 3. The zero-order chi connectivity index (χ0) is 18.9. The highest BCUT2D eigenvalue weighted by atomic mass is 16.4. The number of phenolic OH excluding ortho intramolecular Hbond substituents is 1. The molecule has 0 spiro atoms. The van der Waals surface area contributed by atoms with E-state index in [1.165, 1.54) is 6.07 Å². The van der Waals surface area contributed by atoms with Crippen molar-refractivity contribution < 1.29 is 20.1 Å². The Morgan fingerprint density at radius 1 is 1.40 bits per heavy atom. The molecule has 0 saturated carbocycles. The topological polar surface area (TPSA) is 77.8 Å². The lowest BCUT2D eigenvalue weighted by Crippen LogP contribution is -2.29. The summed E-state index contributed by atoms with van der Waals surface area (Å²) >= 11 is 0. The van der Waals surface area contributed by atoms with Crippen molar-refractivity contribution >= 4 is 5.97 Å². The number of benzene rings is 1. The Morgan fingerprint density at radius 3 is 2.56 bits per heavy atom. The van der Waals surface area contributed by atoms with Crippen LogP contribution in [0.25, 0.3) is 0 Å². The fourth-order valence-electron chi connectivity index (χ4n) is 3.78. The van der Waals surface area contributed by atoms with E-state index in [4.69, 9.17) is 0 Å². The zero-order valence-corrected chi connectivity index (χ0v) is 15.5. The van der Waals surface area contributed by atoms with Gasteiger partial charge in [-0.05, 0) is 50.2 Å². The first kappa shape index (κ1) is 19.1. The van der Waals surface area contributed by atoms with Crippen molar-refractivity contribution in [3.8, 4) is 11.5 Å². The van der Waals surface area contributed by atoms with Gasteiger partial charge in [0.2, 0.25) is 0 Å². The first-order chi connectivity index (χ1) is 11.6. The Kier molecular flexibility index (Phi) is 5.31. The molecule has 0 bridgehead atoms. The molecule has 1 aliphatic rings. The minimum absolute atomic E-state index is 0.0469. The standard InChI is InChI=1S/C21H28O4/c1-6-7-14-11-16(22)18(19(23)17(14)20(24)25)15-10-13(4)8-9-21(15,5)12(2)3/h10-11,15,22-23H,2,6-9H2,1,3-5H3,(H,24,25)/t15-,21-/m0/s1. The molecule has 3 N–H and O–H groups in total. The van der Waals surface area contributed by atoms with E-state index in [2.05, 4.69) is 13.5 Å². The third-order valence-electron chi connectivity index (χ3n) is 5.60. The number of aryl methyl sites for hydroxylation is 1. The monoisotopic (exact) mass is 344 g/mol. The Labute approximate surface area is 149 Å². The molecule has 0 heterocycles. The molecule has 0 aromatic heterocycles. The fourth-order valence-corrected chi connectivity index (χ4v) is 3.78. The molecule has 4 heteroatoms. The van der Waals surface area contributed by atoms with Crippen LogP contribution in [0.15, 0.2) is 29.9 Å². The Hall–Kier alpha value is -2.23. The van der Waals surface area contributed by atoms with E-state index in [1.54, 1.807) is 0 Å². The molecule has 2 rings (SSSR count). The van der Waals surface area contributed by atoms with Crippen LogP contribution in [0.2, 0.25) is 0 Å². The SMILES string of the molecule is C=C(C)[C@]1(C)CCC(C)=C[C@H]1c1c(O)cc(CCC)c(C(=O)O)c1O. The Balaban J connectivity index is 2.76. The van der Waals surface area contributed by atoms with E-state index >= 15 is 0 Å². The van der Waals surface area contributed by atoms with Crippen LogP contribution in [0.4, 0.5) is 0 Å². The molecule has 2 atom stereocenters. The van der Waals surface area contributed by atoms with Gasteiger partial charge in [-0.1, -0.05) is 44.1 Å². The summed E-state index contributed by atoms with van der Waals surface area (Å²) < 4.78 is 0. The van der Waals surface area contributed by atoms with E-state index in [-0.39, 0.29) is 28.4 Å². The number of aromatic hydroxyl groups is 2. The first-order valence-electron chi connectivity index (χ1n) is 8.77. The molecule has 0 amide bonds. The van der Waals surface area contributed by atoms with Gasteiger partial charge in [-0.3, -0.25) is 0 Å². The molecule has 136 valence electrons. The normalized spacial score (nSPS) is 23.2. The summed E-state index contributed by atoms with van der Waals surface area (Å²) in [5.74, 6) is -1.85. The van der Waals surface area contributed by atoms with Crippen LogP contribution < -0.4 is 0 Å². The van der Waals surface area contributed by atoms with Crippen molar-refractivity contribution in [2.24, 2.45) is 5.41 Å². The van der Waals surface area contributed by atoms with Crippen LogP contribution >= 0.6 is 0 Å². The van der Waals surface area contributed by atoms with Gasteiger partial charge in [0.1, 0.15) is 17.1 Å². The smallest absolute Gasteiger partial charge is 0.339 e. The second-order valence-electron chi connectivity index (χ2n) is 7.44. The molecule has 0 saturated heterocycles. The molecule has 0 radical (unpaired) electrons. The maximum absolute atomic E-state index is 11.7. The van der Waals surface area contributed by atoms with Crippen molar-refractivity contribution in [3.63, 3.8) is 0 Å². The van der Waals surface area contributed by atoms with Crippen LogP contribution in [0.5, 0.6) is 11.5 Å². The summed E-state index contributed by atoms with van der Waals surface area (Å²) in [6.45, 7) is 12.1. The van der Waals surface area contributed by atoms with Gasteiger partial charge in [0.05, 0.1) is 0 Å². The van der Waals surface area contributed by atoms with Gasteiger partial charge in [0.15, 0.2) is 0 Å². The molecular formula is C21H28O4. The predicted octanol–water partition coefficient (Wildman–Crippen LogP) is 5.15. The Morgan fingerprint density at radius 2 is 2.04 bits per heavy atom. The minimum atomic E-state index is -1.17. The van der Waals surface area contributed by atoms with Crippen LogP contribution in [-0.2, 0) is 6.42 Å². The van der Waals surface area contributed by atoms with Gasteiger partial charge in [-0.15, -0.1) is 0 Å². The number of phenols is 2. The molecule has 1 aromatic rings. The number of allylic oxidation sites excluding steroid dienone is 3. The third-order valence-corrected chi connectivity index (χ3v) is 5.60. The average Bonchev–Trinajstić information content (AvgIpc) is 2.50. The maximum atomic E-state index is 11.7. The molecular weight excluding hydrogens is 316 g/mol. The second kappa shape index (κ2) is 6.95. The van der Waals surface area contributed by atoms with E-state index in [1.807, 2.05) is 26.8 Å². The van der Waals surface area contributed by atoms with Crippen LogP contribution in [-0.4, -0.2) is 21.3 Å². The van der Waals surface area contributed by atoms with Crippen molar-refractivity contribution in [2.75, 3.05) is 0 Å². The van der Waals surface area contributed by atoms with Crippen molar-refractivity contribution in [2.45, 2.75) is 59.3 Å². The largest absolute Gasteiger partial charge is 0.507 e. The molecule has 1 aliphatic carbocycles. The quantitative estimate of drug-likeness (QED) is 0.645. The van der Waals surface area contributed by atoms with Gasteiger partial charge in [0, 0.05) is 11.5 Å². The van der Waals surface area contributed by atoms with Crippen molar-refractivity contribution in [1.82, 2.24) is 0 Å². The van der Waals surface area contributed by atoms with Crippen molar-refractivity contribution in [3.05, 3.63) is 46.6 Å². The van der Waals surface area contributed by atoms with E-state index < -0.39 is 5.97 Å². The lowest BCUT2D eigenvalue weighted by Gasteiger charge is -2.41. The second-order valence-corrected chi connectivity index (χ2v) is 7.44. The summed E-state index contributed by atoms with van der Waals surface area (Å²) in [5.41, 5.74) is 2.42. The summed E-state index contributed by atoms with van der Waals surface area (Å²) in [4.78, 5) is 11.7. The summed E-state index contributed by atoms with van der Waals surface area (Å²) in [5, 5.41) is 31.0. The van der Waals surface area contributed by atoms with Crippen LogP contribution in [0.1, 0.15) is 74.4 Å². The minimum Gasteiger partial charge on any atom is -0.507 e. The zero-order valence-electron chi connectivity index (χ0n) is 15.5. The number of hydrogen-bond donors (Lipinski definition) is 3. The molecule has 4 nitrogen and oxygen atoms in total. The van der Waals surface area contributed by atoms with E-state index in [0.717, 1.165) is 30.4 Å². The van der Waals surface area contributed by atoms with Crippen LogP contribution in [0, 0.1) is 5.41 Å². The molecule has 0 unspecified atom stereocenters.